The van der Waals surface area contributed by atoms with Crippen LogP contribution in [0.25, 0.3) is 0 Å². The Bertz CT molecular complexity index is 604. The summed E-state index contributed by atoms with van der Waals surface area (Å²) in [5, 5.41) is 10.9. The molecule has 0 saturated heterocycles. The average Bonchev–Trinajstić information content (AvgIpc) is 2.88. The topological polar surface area (TPSA) is 85.8 Å². The van der Waals surface area contributed by atoms with Gasteiger partial charge in [-0.2, -0.15) is 0 Å². The first-order chi connectivity index (χ1) is 9.88. The summed E-state index contributed by atoms with van der Waals surface area (Å²) in [6.07, 6.45) is 1.78. The zero-order chi connectivity index (χ0) is 15.5. The van der Waals surface area contributed by atoms with Gasteiger partial charge in [-0.05, 0) is 32.9 Å². The molecule has 3 N–H and O–H groups in total. The molecule has 0 saturated carbocycles. The second kappa shape index (κ2) is 6.05. The van der Waals surface area contributed by atoms with Gasteiger partial charge in [0.2, 0.25) is 5.91 Å². The molecule has 1 aromatic carbocycles. The van der Waals surface area contributed by atoms with E-state index in [1.165, 1.54) is 0 Å². The monoisotopic (exact) mass is 287 g/mol. The van der Waals surface area contributed by atoms with Gasteiger partial charge in [-0.1, -0.05) is 23.4 Å². The van der Waals surface area contributed by atoms with Crippen molar-refractivity contribution in [3.05, 3.63) is 42.2 Å². The van der Waals surface area contributed by atoms with Gasteiger partial charge in [0.15, 0.2) is 0 Å². The van der Waals surface area contributed by atoms with Gasteiger partial charge in [-0.15, -0.1) is 5.10 Å². The Hall–Kier alpha value is -2.21. The Kier molecular flexibility index (Phi) is 4.37. The molecule has 0 aliphatic heterocycles. The second-order valence-corrected chi connectivity index (χ2v) is 5.83. The third-order valence-corrected chi connectivity index (χ3v) is 3.23. The third kappa shape index (κ3) is 3.88. The quantitative estimate of drug-likeness (QED) is 0.880. The number of hydrogen-bond donors (Lipinski definition) is 2. The first kappa shape index (κ1) is 15.2. The van der Waals surface area contributed by atoms with Gasteiger partial charge in [0.05, 0.1) is 23.9 Å². The number of aromatic nitrogens is 3. The standard InChI is InChI=1S/C15H21N5O/c1-11(16)13-9-20(19-18-13)10-15(2,3)14(21)17-12-7-5-4-6-8-12/h4-9,11H,10,16H2,1-3H3,(H,17,21). The van der Waals surface area contributed by atoms with E-state index in [9.17, 15) is 4.79 Å². The Labute approximate surface area is 124 Å². The molecule has 1 atom stereocenters. The fraction of sp³-hybridized carbons (Fsp3) is 0.400. The van der Waals surface area contributed by atoms with Crippen LogP contribution in [0.3, 0.4) is 0 Å². The molecular weight excluding hydrogens is 266 g/mol. The van der Waals surface area contributed by atoms with Gasteiger partial charge in [0.25, 0.3) is 0 Å². The van der Waals surface area contributed by atoms with Gasteiger partial charge in [-0.25, -0.2) is 0 Å². The lowest BCUT2D eigenvalue weighted by molar-refractivity contribution is -0.124. The maximum Gasteiger partial charge on any atom is 0.231 e. The number of hydrogen-bond acceptors (Lipinski definition) is 4. The van der Waals surface area contributed by atoms with E-state index in [4.69, 9.17) is 5.73 Å². The minimum Gasteiger partial charge on any atom is -0.326 e. The first-order valence-corrected chi connectivity index (χ1v) is 6.90. The molecule has 112 valence electrons. The summed E-state index contributed by atoms with van der Waals surface area (Å²) in [6, 6.07) is 9.23. The van der Waals surface area contributed by atoms with E-state index in [0.717, 1.165) is 5.69 Å². The van der Waals surface area contributed by atoms with Crippen LogP contribution in [0.2, 0.25) is 0 Å². The van der Waals surface area contributed by atoms with E-state index in [1.54, 1.807) is 10.9 Å². The molecule has 1 aromatic heterocycles. The number of benzene rings is 1. The number of anilines is 1. The Morgan fingerprint density at radius 1 is 1.38 bits per heavy atom. The zero-order valence-corrected chi connectivity index (χ0v) is 12.6. The molecule has 0 aliphatic rings. The highest BCUT2D eigenvalue weighted by molar-refractivity contribution is 5.94. The van der Waals surface area contributed by atoms with Crippen LogP contribution >= 0.6 is 0 Å². The molecule has 6 heteroatoms. The number of carbonyl (C=O) groups is 1. The van der Waals surface area contributed by atoms with E-state index in [-0.39, 0.29) is 11.9 Å². The molecule has 2 aromatic rings. The molecule has 2 rings (SSSR count). The Morgan fingerprint density at radius 3 is 2.62 bits per heavy atom. The Balaban J connectivity index is 2.04. The lowest BCUT2D eigenvalue weighted by Gasteiger charge is -2.23. The van der Waals surface area contributed by atoms with Crippen molar-refractivity contribution in [2.45, 2.75) is 33.4 Å². The highest BCUT2D eigenvalue weighted by Crippen LogP contribution is 2.21. The van der Waals surface area contributed by atoms with E-state index in [1.807, 2.05) is 51.1 Å². The lowest BCUT2D eigenvalue weighted by atomic mass is 9.92. The molecule has 1 unspecified atom stereocenters. The fourth-order valence-electron chi connectivity index (χ4n) is 1.90. The molecular formula is C15H21N5O. The molecule has 6 nitrogen and oxygen atoms in total. The van der Waals surface area contributed by atoms with Crippen LogP contribution in [0.15, 0.2) is 36.5 Å². The summed E-state index contributed by atoms with van der Waals surface area (Å²) in [5.41, 5.74) is 6.64. The average molecular weight is 287 g/mol. The summed E-state index contributed by atoms with van der Waals surface area (Å²) in [7, 11) is 0. The van der Waals surface area contributed by atoms with Crippen molar-refractivity contribution >= 4 is 11.6 Å². The molecule has 0 radical (unpaired) electrons. The van der Waals surface area contributed by atoms with E-state index < -0.39 is 5.41 Å². The van der Waals surface area contributed by atoms with Crippen LogP contribution < -0.4 is 11.1 Å². The van der Waals surface area contributed by atoms with Crippen LogP contribution in [0.1, 0.15) is 32.5 Å². The first-order valence-electron chi connectivity index (χ1n) is 6.90. The highest BCUT2D eigenvalue weighted by atomic mass is 16.2. The number of nitrogens with one attached hydrogen (secondary N) is 1. The van der Waals surface area contributed by atoms with Crippen molar-refractivity contribution < 1.29 is 4.79 Å². The van der Waals surface area contributed by atoms with Crippen molar-refractivity contribution in [2.75, 3.05) is 5.32 Å². The fourth-order valence-corrected chi connectivity index (χ4v) is 1.90. The number of rotatable bonds is 5. The largest absolute Gasteiger partial charge is 0.326 e. The minimum absolute atomic E-state index is 0.0634. The third-order valence-electron chi connectivity index (χ3n) is 3.23. The van der Waals surface area contributed by atoms with E-state index in [0.29, 0.717) is 12.2 Å². The summed E-state index contributed by atoms with van der Waals surface area (Å²) in [6.45, 7) is 6.03. The van der Waals surface area contributed by atoms with Crippen LogP contribution in [0, 0.1) is 5.41 Å². The maximum atomic E-state index is 12.4. The van der Waals surface area contributed by atoms with Gasteiger partial charge in [0.1, 0.15) is 0 Å². The van der Waals surface area contributed by atoms with Crippen LogP contribution in [0.5, 0.6) is 0 Å². The summed E-state index contributed by atoms with van der Waals surface area (Å²) in [5.74, 6) is -0.0634. The van der Waals surface area contributed by atoms with Crippen LogP contribution in [-0.2, 0) is 11.3 Å². The predicted octanol–water partition coefficient (Wildman–Crippen LogP) is 1.96. The van der Waals surface area contributed by atoms with Gasteiger partial charge < -0.3 is 11.1 Å². The number of para-hydroxylation sites is 1. The van der Waals surface area contributed by atoms with Gasteiger partial charge >= 0.3 is 0 Å². The second-order valence-electron chi connectivity index (χ2n) is 5.83. The molecule has 21 heavy (non-hydrogen) atoms. The number of carbonyl (C=O) groups excluding carboxylic acids is 1. The SMILES string of the molecule is CC(N)c1cn(CC(C)(C)C(=O)Nc2ccccc2)nn1. The van der Waals surface area contributed by atoms with E-state index in [2.05, 4.69) is 15.6 Å². The van der Waals surface area contributed by atoms with Gasteiger partial charge in [0, 0.05) is 11.7 Å². The maximum absolute atomic E-state index is 12.4. The molecule has 0 bridgehead atoms. The van der Waals surface area contributed by atoms with Crippen molar-refractivity contribution in [3.8, 4) is 0 Å². The summed E-state index contributed by atoms with van der Waals surface area (Å²) in [4.78, 5) is 12.4. The molecule has 1 amide bonds. The number of nitrogens with two attached hydrogens (primary N) is 1. The smallest absolute Gasteiger partial charge is 0.231 e. The Morgan fingerprint density at radius 2 is 2.05 bits per heavy atom. The normalized spacial score (nSPS) is 13.0. The van der Waals surface area contributed by atoms with Crippen molar-refractivity contribution in [3.63, 3.8) is 0 Å². The van der Waals surface area contributed by atoms with Crippen LogP contribution in [-0.4, -0.2) is 20.9 Å². The van der Waals surface area contributed by atoms with E-state index >= 15 is 0 Å². The summed E-state index contributed by atoms with van der Waals surface area (Å²) >= 11 is 0. The van der Waals surface area contributed by atoms with Crippen molar-refractivity contribution in [1.82, 2.24) is 15.0 Å². The molecule has 0 spiro atoms. The minimum atomic E-state index is -0.612. The highest BCUT2D eigenvalue weighted by Gasteiger charge is 2.29. The van der Waals surface area contributed by atoms with Crippen molar-refractivity contribution in [2.24, 2.45) is 11.1 Å². The molecule has 0 aliphatic carbocycles. The summed E-state index contributed by atoms with van der Waals surface area (Å²) < 4.78 is 1.66. The predicted molar refractivity (Wildman–Crippen MR) is 81.5 cm³/mol. The zero-order valence-electron chi connectivity index (χ0n) is 12.6. The van der Waals surface area contributed by atoms with Crippen LogP contribution in [0.4, 0.5) is 5.69 Å². The molecule has 1 heterocycles. The lowest BCUT2D eigenvalue weighted by Crippen LogP contribution is -2.35. The molecule has 0 fully saturated rings. The number of amides is 1. The van der Waals surface area contributed by atoms with Crippen molar-refractivity contribution in [1.29, 1.82) is 0 Å². The van der Waals surface area contributed by atoms with Gasteiger partial charge in [-0.3, -0.25) is 9.48 Å². The number of nitrogens with zero attached hydrogens (tertiary/aromatic N) is 3.